The third-order valence-corrected chi connectivity index (χ3v) is 3.80. The molecule has 1 amide bonds. The number of nitrogens with zero attached hydrogens (tertiary/aromatic N) is 2. The molecule has 2 saturated heterocycles. The Hall–Kier alpha value is -0.720. The number of thiocarbonyl (C=S) groups is 1. The van der Waals surface area contributed by atoms with E-state index in [1.165, 1.54) is 0 Å². The highest BCUT2D eigenvalue weighted by Gasteiger charge is 2.34. The maximum atomic E-state index is 12.0. The minimum absolute atomic E-state index is 0.132. The zero-order valence-electron chi connectivity index (χ0n) is 10.8. The van der Waals surface area contributed by atoms with Gasteiger partial charge in [0.1, 0.15) is 0 Å². The van der Waals surface area contributed by atoms with Crippen molar-refractivity contribution in [2.75, 3.05) is 33.2 Å². The van der Waals surface area contributed by atoms with Gasteiger partial charge in [0, 0.05) is 33.1 Å². The number of amides is 1. The van der Waals surface area contributed by atoms with Crippen LogP contribution in [0, 0.1) is 0 Å². The molecule has 0 saturated carbocycles. The van der Waals surface area contributed by atoms with E-state index < -0.39 is 0 Å². The number of morpholine rings is 1. The Morgan fingerprint density at radius 3 is 2.61 bits per heavy atom. The molecule has 0 aromatic carbocycles. The van der Waals surface area contributed by atoms with Gasteiger partial charge in [0.15, 0.2) is 0 Å². The van der Waals surface area contributed by atoms with Crippen LogP contribution < -0.4 is 5.73 Å². The number of ether oxygens (including phenoxy) is 1. The van der Waals surface area contributed by atoms with Gasteiger partial charge in [-0.15, -0.1) is 0 Å². The number of likely N-dealkylation sites (N-methyl/N-ethyl adjacent to an activating group) is 1. The smallest absolute Gasteiger partial charge is 0.236 e. The maximum Gasteiger partial charge on any atom is 0.236 e. The fraction of sp³-hybridized carbons (Fsp3) is 0.833. The molecule has 2 bridgehead atoms. The van der Waals surface area contributed by atoms with Crippen LogP contribution in [0.5, 0.6) is 0 Å². The Morgan fingerprint density at radius 2 is 2.06 bits per heavy atom. The first kappa shape index (κ1) is 13.7. The lowest BCUT2D eigenvalue weighted by Gasteiger charge is -2.32. The van der Waals surface area contributed by atoms with Crippen molar-refractivity contribution in [3.05, 3.63) is 0 Å². The summed E-state index contributed by atoms with van der Waals surface area (Å²) in [6.45, 7) is 2.84. The van der Waals surface area contributed by atoms with E-state index in [2.05, 4.69) is 4.90 Å². The molecule has 102 valence electrons. The Morgan fingerprint density at radius 1 is 1.44 bits per heavy atom. The minimum atomic E-state index is 0.132. The molecule has 18 heavy (non-hydrogen) atoms. The second-order valence-electron chi connectivity index (χ2n) is 5.18. The first-order valence-corrected chi connectivity index (χ1v) is 6.85. The van der Waals surface area contributed by atoms with E-state index >= 15 is 0 Å². The van der Waals surface area contributed by atoms with E-state index in [9.17, 15) is 4.79 Å². The van der Waals surface area contributed by atoms with Crippen molar-refractivity contribution in [3.63, 3.8) is 0 Å². The molecule has 2 N–H and O–H groups in total. The van der Waals surface area contributed by atoms with Crippen LogP contribution in [0.2, 0.25) is 0 Å². The summed E-state index contributed by atoms with van der Waals surface area (Å²) in [6, 6.07) is 0. The SMILES string of the molecule is CN(CCC(N)=S)C(=O)CN1CC2CCC(C1)O2. The van der Waals surface area contributed by atoms with Gasteiger partial charge < -0.3 is 15.4 Å². The molecular weight excluding hydrogens is 250 g/mol. The first-order chi connectivity index (χ1) is 8.54. The van der Waals surface area contributed by atoms with E-state index in [0.29, 0.717) is 36.7 Å². The monoisotopic (exact) mass is 271 g/mol. The number of carbonyl (C=O) groups is 1. The van der Waals surface area contributed by atoms with E-state index in [1.54, 1.807) is 11.9 Å². The third-order valence-electron chi connectivity index (χ3n) is 3.60. The molecule has 2 unspecified atom stereocenters. The number of hydrogen-bond acceptors (Lipinski definition) is 4. The van der Waals surface area contributed by atoms with Crippen LogP contribution in [0.3, 0.4) is 0 Å². The normalized spacial score (nSPS) is 27.2. The third kappa shape index (κ3) is 3.63. The highest BCUT2D eigenvalue weighted by atomic mass is 32.1. The first-order valence-electron chi connectivity index (χ1n) is 6.44. The lowest BCUT2D eigenvalue weighted by molar-refractivity contribution is -0.133. The quantitative estimate of drug-likeness (QED) is 0.712. The number of fused-ring (bicyclic) bond motifs is 2. The predicted octanol–water partition coefficient (Wildman–Crippen LogP) is -0.0158. The molecule has 2 heterocycles. The standard InChI is InChI=1S/C12H21N3O2S/c1-14(5-4-11(13)18)12(16)8-15-6-9-2-3-10(7-15)17-9/h9-10H,2-8H2,1H3,(H2,13,18). The maximum absolute atomic E-state index is 12.0. The van der Waals surface area contributed by atoms with E-state index in [1.807, 2.05) is 0 Å². The lowest BCUT2D eigenvalue weighted by Crippen LogP contribution is -2.47. The highest BCUT2D eigenvalue weighted by Crippen LogP contribution is 2.25. The van der Waals surface area contributed by atoms with Gasteiger partial charge in [-0.3, -0.25) is 9.69 Å². The van der Waals surface area contributed by atoms with Gasteiger partial charge in [0.25, 0.3) is 0 Å². The topological polar surface area (TPSA) is 58.8 Å². The molecule has 0 radical (unpaired) electrons. The largest absolute Gasteiger partial charge is 0.393 e. The van der Waals surface area contributed by atoms with Gasteiger partial charge in [-0.05, 0) is 12.8 Å². The molecular formula is C12H21N3O2S. The van der Waals surface area contributed by atoms with E-state index in [4.69, 9.17) is 22.7 Å². The summed E-state index contributed by atoms with van der Waals surface area (Å²) in [6.07, 6.45) is 3.52. The Bertz CT molecular complexity index is 325. The molecule has 2 rings (SSSR count). The average Bonchev–Trinajstić information content (AvgIpc) is 2.65. The summed E-state index contributed by atoms with van der Waals surface area (Å²) in [5, 5.41) is 0. The summed E-state index contributed by atoms with van der Waals surface area (Å²) in [5.41, 5.74) is 5.44. The zero-order chi connectivity index (χ0) is 13.1. The molecule has 2 fully saturated rings. The van der Waals surface area contributed by atoms with Gasteiger partial charge >= 0.3 is 0 Å². The van der Waals surface area contributed by atoms with Crippen molar-refractivity contribution >= 4 is 23.1 Å². The molecule has 0 spiro atoms. The van der Waals surface area contributed by atoms with Crippen molar-refractivity contribution in [2.24, 2.45) is 5.73 Å². The summed E-state index contributed by atoms with van der Waals surface area (Å²) in [5.74, 6) is 0.132. The highest BCUT2D eigenvalue weighted by molar-refractivity contribution is 7.80. The molecule has 0 aromatic heterocycles. The van der Waals surface area contributed by atoms with Crippen molar-refractivity contribution in [1.82, 2.24) is 9.80 Å². The van der Waals surface area contributed by atoms with E-state index in [-0.39, 0.29) is 5.91 Å². The number of hydrogen-bond donors (Lipinski definition) is 1. The summed E-state index contributed by atoms with van der Waals surface area (Å²) in [4.78, 5) is 16.4. The molecule has 2 atom stereocenters. The van der Waals surface area contributed by atoms with Gasteiger partial charge in [0.2, 0.25) is 5.91 Å². The second-order valence-corrected chi connectivity index (χ2v) is 5.71. The van der Waals surface area contributed by atoms with Crippen molar-refractivity contribution in [3.8, 4) is 0 Å². The van der Waals surface area contributed by atoms with Crippen molar-refractivity contribution in [2.45, 2.75) is 31.5 Å². The van der Waals surface area contributed by atoms with Crippen LogP contribution in [0.1, 0.15) is 19.3 Å². The summed E-state index contributed by atoms with van der Waals surface area (Å²) in [7, 11) is 1.80. The molecule has 0 aromatic rings. The van der Waals surface area contributed by atoms with Crippen molar-refractivity contribution in [1.29, 1.82) is 0 Å². The number of carbonyl (C=O) groups excluding carboxylic acids is 1. The van der Waals surface area contributed by atoms with Crippen LogP contribution in [0.4, 0.5) is 0 Å². The van der Waals surface area contributed by atoms with Crippen LogP contribution in [-0.4, -0.2) is 66.1 Å². The second kappa shape index (κ2) is 5.95. The van der Waals surface area contributed by atoms with Gasteiger partial charge in [-0.2, -0.15) is 0 Å². The minimum Gasteiger partial charge on any atom is -0.393 e. The average molecular weight is 271 g/mol. The van der Waals surface area contributed by atoms with Gasteiger partial charge in [0.05, 0.1) is 23.7 Å². The predicted molar refractivity (Wildman–Crippen MR) is 73.4 cm³/mol. The van der Waals surface area contributed by atoms with Gasteiger partial charge in [-0.25, -0.2) is 0 Å². The number of nitrogens with two attached hydrogens (primary N) is 1. The molecule has 0 aliphatic carbocycles. The molecule has 2 aliphatic rings. The zero-order valence-corrected chi connectivity index (χ0v) is 11.6. The van der Waals surface area contributed by atoms with Crippen LogP contribution in [-0.2, 0) is 9.53 Å². The summed E-state index contributed by atoms with van der Waals surface area (Å²) < 4.78 is 5.75. The Labute approximate surface area is 113 Å². The Balaban J connectivity index is 1.75. The van der Waals surface area contributed by atoms with E-state index in [0.717, 1.165) is 25.9 Å². The fourth-order valence-corrected chi connectivity index (χ4v) is 2.63. The van der Waals surface area contributed by atoms with Crippen LogP contribution >= 0.6 is 12.2 Å². The molecule has 2 aliphatic heterocycles. The Kier molecular flexibility index (Phi) is 4.53. The van der Waals surface area contributed by atoms with Crippen molar-refractivity contribution < 1.29 is 9.53 Å². The lowest BCUT2D eigenvalue weighted by atomic mass is 10.2. The number of likely N-dealkylation sites (tertiary alicyclic amines) is 1. The number of rotatable bonds is 5. The van der Waals surface area contributed by atoms with Gasteiger partial charge in [-0.1, -0.05) is 12.2 Å². The fourth-order valence-electron chi connectivity index (χ4n) is 2.54. The molecule has 6 heteroatoms. The van der Waals surface area contributed by atoms with Crippen LogP contribution in [0.15, 0.2) is 0 Å². The molecule has 5 nitrogen and oxygen atoms in total. The van der Waals surface area contributed by atoms with Crippen LogP contribution in [0.25, 0.3) is 0 Å². The summed E-state index contributed by atoms with van der Waals surface area (Å²) >= 11 is 4.81.